The third kappa shape index (κ3) is 16.1. The van der Waals surface area contributed by atoms with Crippen LogP contribution >= 0.6 is 34.8 Å². The number of ether oxygens (including phenoxy) is 2. The minimum Gasteiger partial charge on any atom is -1.00 e. The summed E-state index contributed by atoms with van der Waals surface area (Å²) in [6.45, 7) is 0.159. The molecule has 1 N–H and O–H groups in total. The Labute approximate surface area is 404 Å². The first-order valence-corrected chi connectivity index (χ1v) is 15.7. The van der Waals surface area contributed by atoms with Gasteiger partial charge in [0.15, 0.2) is 0 Å². The van der Waals surface area contributed by atoms with Crippen molar-refractivity contribution in [2.24, 2.45) is 0 Å². The van der Waals surface area contributed by atoms with Gasteiger partial charge in [-0.05, 0) is 59.7 Å². The van der Waals surface area contributed by atoms with E-state index >= 15 is 0 Å². The molecule has 6 aromatic rings. The summed E-state index contributed by atoms with van der Waals surface area (Å²) >= 11 is 17.5. The van der Waals surface area contributed by atoms with E-state index in [0.29, 0.717) is 33.6 Å². The first-order valence-electron chi connectivity index (χ1n) is 14.4. The third-order valence-corrected chi connectivity index (χ3v) is 7.30. The second-order valence-electron chi connectivity index (χ2n) is 10.00. The number of alkyl halides is 1. The quantitative estimate of drug-likeness (QED) is 0.0556. The molecule has 0 aliphatic carbocycles. The van der Waals surface area contributed by atoms with Crippen LogP contribution in [0.3, 0.4) is 0 Å². The van der Waals surface area contributed by atoms with Gasteiger partial charge in [-0.1, -0.05) is 35.3 Å². The predicted octanol–water partition coefficient (Wildman–Crippen LogP) is -0.771. The molecule has 0 radical (unpaired) electrons. The minimum atomic E-state index is -0.478. The Bertz CT molecular complexity index is 2240. The van der Waals surface area contributed by atoms with Crippen LogP contribution in [0.15, 0.2) is 107 Å². The normalized spacial score (nSPS) is 9.55. The molecular formula is C35H29Cl3K2N4O9. The number of rotatable bonds is 6. The van der Waals surface area contributed by atoms with Crippen LogP contribution in [-0.2, 0) is 31.6 Å². The van der Waals surface area contributed by atoms with Crippen LogP contribution < -0.4 is 119 Å². The summed E-state index contributed by atoms with van der Waals surface area (Å²) in [5.74, 6) is -0.419. The molecule has 266 valence electrons. The van der Waals surface area contributed by atoms with Crippen molar-refractivity contribution < 1.29 is 138 Å². The average molecular weight is 834 g/mol. The molecule has 0 saturated carbocycles. The Morgan fingerprint density at radius 2 is 1.32 bits per heavy atom. The molecule has 2 aromatic carbocycles. The maximum absolute atomic E-state index is 12.0. The zero-order valence-electron chi connectivity index (χ0n) is 29.9. The van der Waals surface area contributed by atoms with Crippen LogP contribution in [0.4, 0.5) is 0 Å². The van der Waals surface area contributed by atoms with E-state index in [1.165, 1.54) is 55.4 Å². The van der Waals surface area contributed by atoms with Gasteiger partial charge in [0, 0.05) is 53.6 Å². The molecule has 0 fully saturated rings. The number of hydrogen-bond acceptors (Lipinski definition) is 11. The van der Waals surface area contributed by atoms with Gasteiger partial charge in [0.25, 0.3) is 12.0 Å². The Morgan fingerprint density at radius 3 is 1.81 bits per heavy atom. The zero-order valence-corrected chi connectivity index (χ0v) is 37.4. The number of fused-ring (bicyclic) bond motifs is 2. The maximum atomic E-state index is 12.0. The summed E-state index contributed by atoms with van der Waals surface area (Å²) in [4.78, 5) is 66.9. The van der Waals surface area contributed by atoms with Crippen molar-refractivity contribution in [3.63, 3.8) is 0 Å². The van der Waals surface area contributed by atoms with E-state index < -0.39 is 11.9 Å². The fraction of sp³-hybridized carbons (Fsp3) is 0.114. The predicted molar refractivity (Wildman–Crippen MR) is 191 cm³/mol. The molecule has 0 aliphatic heterocycles. The standard InChI is InChI=1S/C17H13ClN2O3.C10H7Cl2N.C7H7NO3.CH2O3.2K.H/c1-23-17(22)12-3-5-16(21)20(10-12)9-11-2-4-15-13(6-11)7-14(18)8-19-15;11-5-7-1-2-10-8(3-7)4-9(12)6-13-10;1-11-7(10)5-2-3-6(9)8-4-5;2-1-4-3;;;/h2-8,10H,9H2,1H3;1-4,6H,5H2;2-4H,1H3,(H,8,9);1,3H;;;/q;;;;2*+1;-1/p-1. The molecule has 53 heavy (non-hydrogen) atoms. The summed E-state index contributed by atoms with van der Waals surface area (Å²) in [6, 6.07) is 20.8. The number of carbonyl (C=O) groups excluding carboxylic acids is 3. The summed E-state index contributed by atoms with van der Waals surface area (Å²) in [6.07, 6.45) is 6.04. The minimum absolute atomic E-state index is 0. The second kappa shape index (κ2) is 25.7. The number of nitrogens with zero attached hydrogens (tertiary/aromatic N) is 3. The molecule has 6 rings (SSSR count). The molecule has 0 spiro atoms. The van der Waals surface area contributed by atoms with Crippen LogP contribution in [0.25, 0.3) is 21.8 Å². The number of nitrogens with one attached hydrogen (secondary N) is 1. The van der Waals surface area contributed by atoms with Gasteiger partial charge >= 0.3 is 115 Å². The van der Waals surface area contributed by atoms with Gasteiger partial charge in [0.2, 0.25) is 5.56 Å². The number of hydrogen-bond donors (Lipinski definition) is 1. The van der Waals surface area contributed by atoms with Crippen LogP contribution in [0.2, 0.25) is 10.0 Å². The van der Waals surface area contributed by atoms with E-state index in [-0.39, 0.29) is 122 Å². The van der Waals surface area contributed by atoms with Gasteiger partial charge in [-0.3, -0.25) is 24.4 Å². The molecule has 4 heterocycles. The number of aromatic amines is 1. The zero-order chi connectivity index (χ0) is 37.3. The Kier molecular flexibility index (Phi) is 23.6. The fourth-order valence-electron chi connectivity index (χ4n) is 4.24. The van der Waals surface area contributed by atoms with Crippen molar-refractivity contribution in [3.8, 4) is 0 Å². The smallest absolute Gasteiger partial charge is 1.00 e. The van der Waals surface area contributed by atoms with E-state index in [1.807, 2.05) is 48.5 Å². The maximum Gasteiger partial charge on any atom is 1.00 e. The van der Waals surface area contributed by atoms with Gasteiger partial charge in [-0.25, -0.2) is 9.59 Å². The topological polar surface area (TPSA) is 183 Å². The molecule has 0 atom stereocenters. The van der Waals surface area contributed by atoms with E-state index in [1.54, 1.807) is 12.4 Å². The SMILES string of the molecule is COC(=O)c1ccc(=O)[nH]c1.COC(=O)c1ccc(=O)n(Cc2ccc3ncc(Cl)cc3c2)c1.ClCc1ccc2ncc(Cl)cc2c1.O=CO[O-].[H-].[K+].[K+]. The molecule has 13 nitrogen and oxygen atoms in total. The monoisotopic (exact) mass is 832 g/mol. The van der Waals surface area contributed by atoms with Crippen molar-refractivity contribution in [1.29, 1.82) is 0 Å². The van der Waals surface area contributed by atoms with E-state index in [2.05, 4.69) is 29.3 Å². The Balaban J connectivity index is 0.000000776. The number of aromatic nitrogens is 4. The van der Waals surface area contributed by atoms with Gasteiger partial charge in [-0.15, -0.1) is 11.6 Å². The molecule has 0 amide bonds. The van der Waals surface area contributed by atoms with E-state index in [4.69, 9.17) is 44.9 Å². The molecule has 18 heteroatoms. The van der Waals surface area contributed by atoms with Gasteiger partial charge in [0.05, 0.1) is 53.0 Å². The van der Waals surface area contributed by atoms with Crippen molar-refractivity contribution in [2.75, 3.05) is 14.2 Å². The number of esters is 2. The first kappa shape index (κ1) is 48.7. The van der Waals surface area contributed by atoms with Gasteiger partial charge in [0.1, 0.15) is 0 Å². The number of methoxy groups -OCH3 is 2. The van der Waals surface area contributed by atoms with E-state index in [0.717, 1.165) is 32.9 Å². The Hall–Kier alpha value is -2.33. The number of pyridine rings is 4. The van der Waals surface area contributed by atoms with Crippen LogP contribution in [-0.4, -0.2) is 52.1 Å². The van der Waals surface area contributed by atoms with E-state index in [9.17, 15) is 19.2 Å². The van der Waals surface area contributed by atoms with Crippen molar-refractivity contribution in [3.05, 3.63) is 151 Å². The Morgan fingerprint density at radius 1 is 0.811 bits per heavy atom. The number of carbonyl (C=O) groups is 3. The molecule has 0 unspecified atom stereocenters. The molecular weight excluding hydrogens is 805 g/mol. The van der Waals surface area contributed by atoms with Crippen LogP contribution in [0, 0.1) is 0 Å². The number of halogens is 3. The first-order chi connectivity index (χ1) is 24.5. The summed E-state index contributed by atoms with van der Waals surface area (Å²) < 4.78 is 10.6. The summed E-state index contributed by atoms with van der Waals surface area (Å²) in [5, 5.41) is 11.6. The van der Waals surface area contributed by atoms with Crippen LogP contribution in [0.5, 0.6) is 0 Å². The molecule has 0 aliphatic rings. The van der Waals surface area contributed by atoms with Crippen molar-refractivity contribution >= 4 is 75.0 Å². The second-order valence-corrected chi connectivity index (χ2v) is 11.1. The third-order valence-electron chi connectivity index (χ3n) is 6.58. The number of benzene rings is 2. The van der Waals surface area contributed by atoms with Gasteiger partial charge < -0.3 is 30.6 Å². The van der Waals surface area contributed by atoms with Crippen molar-refractivity contribution in [2.45, 2.75) is 12.4 Å². The van der Waals surface area contributed by atoms with Gasteiger partial charge in [-0.2, -0.15) is 0 Å². The largest absolute Gasteiger partial charge is 1.00 e. The summed E-state index contributed by atoms with van der Waals surface area (Å²) in [7, 11) is 2.59. The number of H-pyrrole nitrogens is 1. The fourth-order valence-corrected chi connectivity index (χ4v) is 4.73. The van der Waals surface area contributed by atoms with Crippen molar-refractivity contribution in [1.82, 2.24) is 19.5 Å². The molecule has 0 bridgehead atoms. The molecule has 4 aromatic heterocycles. The van der Waals surface area contributed by atoms with Crippen LogP contribution in [0.1, 0.15) is 33.3 Å². The molecule has 0 saturated heterocycles. The summed E-state index contributed by atoms with van der Waals surface area (Å²) in [5.41, 5.74) is 4.00. The average Bonchev–Trinajstić information content (AvgIpc) is 3.15.